The van der Waals surface area contributed by atoms with Crippen LogP contribution in [0.25, 0.3) is 0 Å². The normalized spacial score (nSPS) is 36.4. The summed E-state index contributed by atoms with van der Waals surface area (Å²) in [5, 5.41) is 3.17. The maximum Gasteiger partial charge on any atom is 0.220 e. The van der Waals surface area contributed by atoms with Gasteiger partial charge in [0.1, 0.15) is 5.78 Å². The van der Waals surface area contributed by atoms with Crippen LogP contribution in [0.1, 0.15) is 58.8 Å². The van der Waals surface area contributed by atoms with Crippen LogP contribution in [-0.4, -0.2) is 17.2 Å². The quantitative estimate of drug-likeness (QED) is 0.794. The molecule has 90 valence electrons. The van der Waals surface area contributed by atoms with Crippen molar-refractivity contribution >= 4 is 11.7 Å². The number of carbonyl (C=O) groups is 2. The van der Waals surface area contributed by atoms with E-state index in [1.54, 1.807) is 0 Å². The second-order valence-corrected chi connectivity index (χ2v) is 6.02. The Bertz CT molecular complexity index is 314. The fraction of sp³-hybridized carbons (Fsp3) is 0.846. The Labute approximate surface area is 97.0 Å². The van der Waals surface area contributed by atoms with Gasteiger partial charge in [0.25, 0.3) is 0 Å². The Kier molecular flexibility index (Phi) is 2.81. The lowest BCUT2D eigenvalue weighted by Gasteiger charge is -2.28. The van der Waals surface area contributed by atoms with Gasteiger partial charge in [0, 0.05) is 18.4 Å². The first-order valence-electron chi connectivity index (χ1n) is 6.24. The molecule has 0 heterocycles. The highest BCUT2D eigenvalue weighted by Crippen LogP contribution is 2.56. The highest BCUT2D eigenvalue weighted by atomic mass is 16.2. The molecular formula is C13H21NO2. The zero-order chi connectivity index (χ0) is 11.8. The molecule has 0 unspecified atom stereocenters. The number of hydrogen-bond donors (Lipinski definition) is 1. The van der Waals surface area contributed by atoms with Crippen LogP contribution in [0.15, 0.2) is 0 Å². The first kappa shape index (κ1) is 11.6. The molecular weight excluding hydrogens is 202 g/mol. The van der Waals surface area contributed by atoms with E-state index in [4.69, 9.17) is 0 Å². The van der Waals surface area contributed by atoms with Crippen molar-refractivity contribution in [2.75, 3.05) is 0 Å². The number of Topliss-reactive ketones (excluding diaryl/α,β-unsaturated/α-hetero) is 1. The summed E-state index contributed by atoms with van der Waals surface area (Å²) in [6, 6.07) is 0. The van der Waals surface area contributed by atoms with Gasteiger partial charge in [-0.05, 0) is 44.4 Å². The van der Waals surface area contributed by atoms with Crippen LogP contribution in [0, 0.1) is 5.41 Å². The van der Waals surface area contributed by atoms with Crippen molar-refractivity contribution in [3.8, 4) is 0 Å². The third-order valence-corrected chi connectivity index (χ3v) is 4.29. The lowest BCUT2D eigenvalue weighted by Crippen LogP contribution is -2.45. The summed E-state index contributed by atoms with van der Waals surface area (Å²) in [6.07, 6.45) is 6.57. The molecule has 0 aliphatic heterocycles. The topological polar surface area (TPSA) is 46.2 Å². The molecule has 3 heteroatoms. The van der Waals surface area contributed by atoms with Gasteiger partial charge in [0.2, 0.25) is 5.91 Å². The Balaban J connectivity index is 1.86. The molecule has 0 radical (unpaired) electrons. The minimum absolute atomic E-state index is 0.0568. The largest absolute Gasteiger partial charge is 0.351 e. The van der Waals surface area contributed by atoms with Crippen LogP contribution < -0.4 is 5.32 Å². The third kappa shape index (κ3) is 2.28. The molecule has 0 aromatic carbocycles. The monoisotopic (exact) mass is 223 g/mol. The molecule has 0 saturated heterocycles. The molecule has 0 aromatic rings. The number of nitrogens with one attached hydrogen (secondary N) is 1. The van der Waals surface area contributed by atoms with Crippen molar-refractivity contribution < 1.29 is 9.59 Å². The SMILES string of the molecule is CC(=O)CCC(=O)NC12CCC(C)(CC1)C2. The number of amides is 1. The molecule has 2 aliphatic carbocycles. The van der Waals surface area contributed by atoms with Crippen LogP contribution in [-0.2, 0) is 9.59 Å². The summed E-state index contributed by atoms with van der Waals surface area (Å²) in [5.74, 6) is 0.150. The maximum atomic E-state index is 11.7. The van der Waals surface area contributed by atoms with Gasteiger partial charge in [-0.25, -0.2) is 0 Å². The van der Waals surface area contributed by atoms with Gasteiger partial charge in [0.05, 0.1) is 0 Å². The van der Waals surface area contributed by atoms with Crippen molar-refractivity contribution in [2.45, 2.75) is 64.3 Å². The molecule has 2 bridgehead atoms. The second kappa shape index (κ2) is 3.86. The van der Waals surface area contributed by atoms with Gasteiger partial charge in [-0.3, -0.25) is 4.79 Å². The Morgan fingerprint density at radius 2 is 1.75 bits per heavy atom. The Morgan fingerprint density at radius 1 is 1.12 bits per heavy atom. The molecule has 0 atom stereocenters. The first-order chi connectivity index (χ1) is 7.43. The molecule has 2 saturated carbocycles. The summed E-state index contributed by atoms with van der Waals surface area (Å²) in [5.41, 5.74) is 0.538. The predicted octanol–water partition coefficient (Wildman–Crippen LogP) is 2.19. The summed E-state index contributed by atoms with van der Waals surface area (Å²) in [4.78, 5) is 22.5. The molecule has 2 fully saturated rings. The van der Waals surface area contributed by atoms with E-state index in [0.717, 1.165) is 19.3 Å². The minimum atomic E-state index is 0.0568. The fourth-order valence-electron chi connectivity index (χ4n) is 3.32. The predicted molar refractivity (Wildman–Crippen MR) is 62.0 cm³/mol. The van der Waals surface area contributed by atoms with Gasteiger partial charge >= 0.3 is 0 Å². The summed E-state index contributed by atoms with van der Waals surface area (Å²) < 4.78 is 0. The van der Waals surface area contributed by atoms with Crippen LogP contribution >= 0.6 is 0 Å². The van der Waals surface area contributed by atoms with Crippen LogP contribution in [0.4, 0.5) is 0 Å². The lowest BCUT2D eigenvalue weighted by atomic mass is 9.86. The molecule has 2 rings (SSSR count). The van der Waals surface area contributed by atoms with Gasteiger partial charge in [-0.15, -0.1) is 0 Å². The third-order valence-electron chi connectivity index (χ3n) is 4.29. The molecule has 1 amide bonds. The van der Waals surface area contributed by atoms with Crippen LogP contribution in [0.2, 0.25) is 0 Å². The van der Waals surface area contributed by atoms with Crippen molar-refractivity contribution in [3.05, 3.63) is 0 Å². The van der Waals surface area contributed by atoms with E-state index in [2.05, 4.69) is 12.2 Å². The van der Waals surface area contributed by atoms with E-state index < -0.39 is 0 Å². The number of carbonyl (C=O) groups excluding carboxylic acids is 2. The molecule has 0 aromatic heterocycles. The zero-order valence-corrected chi connectivity index (χ0v) is 10.3. The highest BCUT2D eigenvalue weighted by Gasteiger charge is 2.52. The van der Waals surface area contributed by atoms with E-state index in [1.165, 1.54) is 19.8 Å². The molecule has 1 N–H and O–H groups in total. The fourth-order valence-corrected chi connectivity index (χ4v) is 3.32. The number of ketones is 1. The van der Waals surface area contributed by atoms with E-state index in [-0.39, 0.29) is 17.2 Å². The maximum absolute atomic E-state index is 11.7. The minimum Gasteiger partial charge on any atom is -0.351 e. The van der Waals surface area contributed by atoms with Gasteiger partial charge < -0.3 is 10.1 Å². The average molecular weight is 223 g/mol. The summed E-state index contributed by atoms with van der Waals surface area (Å²) >= 11 is 0. The van der Waals surface area contributed by atoms with Crippen LogP contribution in [0.3, 0.4) is 0 Å². The number of fused-ring (bicyclic) bond motifs is 2. The molecule has 0 spiro atoms. The lowest BCUT2D eigenvalue weighted by molar-refractivity contribution is -0.126. The second-order valence-electron chi connectivity index (χ2n) is 6.02. The molecule has 16 heavy (non-hydrogen) atoms. The number of rotatable bonds is 4. The van der Waals surface area contributed by atoms with E-state index >= 15 is 0 Å². The first-order valence-corrected chi connectivity index (χ1v) is 6.24. The zero-order valence-electron chi connectivity index (χ0n) is 10.3. The van der Waals surface area contributed by atoms with Gasteiger partial charge in [0.15, 0.2) is 0 Å². The van der Waals surface area contributed by atoms with Crippen molar-refractivity contribution in [1.29, 1.82) is 0 Å². The van der Waals surface area contributed by atoms with Crippen molar-refractivity contribution in [3.63, 3.8) is 0 Å². The van der Waals surface area contributed by atoms with E-state index in [1.807, 2.05) is 0 Å². The molecule has 3 nitrogen and oxygen atoms in total. The van der Waals surface area contributed by atoms with Crippen LogP contribution in [0.5, 0.6) is 0 Å². The average Bonchev–Trinajstić information content (AvgIpc) is 2.68. The summed E-state index contributed by atoms with van der Waals surface area (Å²) in [6.45, 7) is 3.86. The van der Waals surface area contributed by atoms with Gasteiger partial charge in [-0.2, -0.15) is 0 Å². The van der Waals surface area contributed by atoms with Crippen molar-refractivity contribution in [2.24, 2.45) is 5.41 Å². The Hall–Kier alpha value is -0.860. The van der Waals surface area contributed by atoms with Crippen molar-refractivity contribution in [1.82, 2.24) is 5.32 Å². The highest BCUT2D eigenvalue weighted by molar-refractivity contribution is 5.84. The Morgan fingerprint density at radius 3 is 2.19 bits per heavy atom. The van der Waals surface area contributed by atoms with E-state index in [0.29, 0.717) is 18.3 Å². The van der Waals surface area contributed by atoms with Gasteiger partial charge in [-0.1, -0.05) is 6.92 Å². The summed E-state index contributed by atoms with van der Waals surface area (Å²) in [7, 11) is 0. The van der Waals surface area contributed by atoms with E-state index in [9.17, 15) is 9.59 Å². The molecule has 2 aliphatic rings. The smallest absolute Gasteiger partial charge is 0.220 e. The standard InChI is InChI=1S/C13H21NO2/c1-10(15)3-4-11(16)14-13-7-5-12(2,9-13)6-8-13/h3-9H2,1-2H3,(H,14,16). The number of hydrogen-bond acceptors (Lipinski definition) is 2.